The molecule has 0 bridgehead atoms. The summed E-state index contributed by atoms with van der Waals surface area (Å²) in [4.78, 5) is 15.9. The van der Waals surface area contributed by atoms with E-state index in [1.807, 2.05) is 0 Å². The lowest BCUT2D eigenvalue weighted by atomic mass is 10.1. The van der Waals surface area contributed by atoms with Crippen molar-refractivity contribution in [2.45, 2.75) is 0 Å². The van der Waals surface area contributed by atoms with Crippen LogP contribution in [0.15, 0.2) is 12.3 Å². The zero-order valence-electron chi connectivity index (χ0n) is 11.7. The Morgan fingerprint density at radius 1 is 0.957 bits per heavy atom. The summed E-state index contributed by atoms with van der Waals surface area (Å²) in [5.41, 5.74) is 0.802. The Labute approximate surface area is 157 Å². The summed E-state index contributed by atoms with van der Waals surface area (Å²) in [6.45, 7) is 0. The lowest BCUT2D eigenvalue weighted by molar-refractivity contribution is 0.0596. The van der Waals surface area contributed by atoms with E-state index in [-0.39, 0.29) is 36.6 Å². The Morgan fingerprint density at radius 2 is 1.48 bits per heavy atom. The van der Waals surface area contributed by atoms with Crippen LogP contribution in [0.25, 0.3) is 11.1 Å². The molecule has 0 saturated heterocycles. The third kappa shape index (κ3) is 3.32. The highest BCUT2D eigenvalue weighted by Gasteiger charge is 2.23. The highest BCUT2D eigenvalue weighted by molar-refractivity contribution is 6.56. The van der Waals surface area contributed by atoms with Crippen molar-refractivity contribution < 1.29 is 14.3 Å². The van der Waals surface area contributed by atoms with E-state index in [9.17, 15) is 4.79 Å². The number of hydrogen-bond acceptors (Lipinski definition) is 4. The van der Waals surface area contributed by atoms with Gasteiger partial charge in [0.2, 0.25) is 5.88 Å². The number of benzene rings is 1. The molecule has 0 aliphatic rings. The standard InChI is InChI=1S/C14H8Cl5NO3/c1-22-13-6(14(21)23-2)3-5(4-20-13)7-8(15)10(17)12(19)11(18)9(7)16/h3-4H,1-2H3. The van der Waals surface area contributed by atoms with E-state index in [4.69, 9.17) is 67.5 Å². The van der Waals surface area contributed by atoms with Crippen LogP contribution in [0.4, 0.5) is 0 Å². The summed E-state index contributed by atoms with van der Waals surface area (Å²) in [5, 5.41) is 0.325. The smallest absolute Gasteiger partial charge is 0.343 e. The normalized spacial score (nSPS) is 10.6. The summed E-state index contributed by atoms with van der Waals surface area (Å²) in [6, 6.07) is 1.46. The minimum Gasteiger partial charge on any atom is -0.480 e. The van der Waals surface area contributed by atoms with Gasteiger partial charge in [0.25, 0.3) is 0 Å². The van der Waals surface area contributed by atoms with Crippen LogP contribution >= 0.6 is 58.0 Å². The van der Waals surface area contributed by atoms with Gasteiger partial charge >= 0.3 is 5.97 Å². The van der Waals surface area contributed by atoms with Crippen LogP contribution in [0.5, 0.6) is 5.88 Å². The van der Waals surface area contributed by atoms with Crippen molar-refractivity contribution >= 4 is 64.0 Å². The van der Waals surface area contributed by atoms with Crippen molar-refractivity contribution in [1.82, 2.24) is 4.98 Å². The average molecular weight is 415 g/mol. The molecule has 1 heterocycles. The third-order valence-corrected chi connectivity index (χ3v) is 5.23. The number of methoxy groups -OCH3 is 2. The molecule has 2 aromatic rings. The van der Waals surface area contributed by atoms with Gasteiger partial charge in [-0.1, -0.05) is 58.0 Å². The molecule has 4 nitrogen and oxygen atoms in total. The van der Waals surface area contributed by atoms with Crippen LogP contribution in [-0.4, -0.2) is 25.2 Å². The van der Waals surface area contributed by atoms with E-state index in [0.29, 0.717) is 11.1 Å². The molecule has 0 aliphatic carbocycles. The molecule has 2 rings (SSSR count). The molecule has 0 saturated carbocycles. The van der Waals surface area contributed by atoms with Crippen LogP contribution < -0.4 is 4.74 Å². The zero-order valence-corrected chi connectivity index (χ0v) is 15.5. The molecular formula is C14H8Cl5NO3. The predicted octanol–water partition coefficient (Wildman–Crippen LogP) is 5.81. The largest absolute Gasteiger partial charge is 0.480 e. The fraction of sp³-hybridized carbons (Fsp3) is 0.143. The lowest BCUT2D eigenvalue weighted by Gasteiger charge is -2.14. The van der Waals surface area contributed by atoms with Gasteiger partial charge in [0.15, 0.2) is 0 Å². The van der Waals surface area contributed by atoms with E-state index in [2.05, 4.69) is 4.98 Å². The van der Waals surface area contributed by atoms with Crippen LogP contribution in [0, 0.1) is 0 Å². The Morgan fingerprint density at radius 3 is 1.96 bits per heavy atom. The molecule has 0 atom stereocenters. The number of ether oxygens (including phenoxy) is 2. The average Bonchev–Trinajstić information content (AvgIpc) is 2.57. The van der Waals surface area contributed by atoms with Gasteiger partial charge in [-0.2, -0.15) is 0 Å². The van der Waals surface area contributed by atoms with Crippen LogP contribution in [0.2, 0.25) is 25.1 Å². The Bertz CT molecular complexity index is 765. The quantitative estimate of drug-likeness (QED) is 0.361. The maximum atomic E-state index is 11.9. The zero-order chi connectivity index (χ0) is 17.3. The molecule has 1 aromatic heterocycles. The predicted molar refractivity (Wildman–Crippen MR) is 92.6 cm³/mol. The van der Waals surface area contributed by atoms with E-state index in [1.165, 1.54) is 26.5 Å². The molecule has 0 aliphatic heterocycles. The van der Waals surface area contributed by atoms with E-state index < -0.39 is 5.97 Å². The number of hydrogen-bond donors (Lipinski definition) is 0. The van der Waals surface area contributed by atoms with Gasteiger partial charge in [-0.25, -0.2) is 9.78 Å². The number of aromatic nitrogens is 1. The second-order valence-corrected chi connectivity index (χ2v) is 6.11. The minimum absolute atomic E-state index is 0.0433. The first kappa shape index (κ1) is 18.4. The molecule has 0 fully saturated rings. The van der Waals surface area contributed by atoms with E-state index >= 15 is 0 Å². The number of nitrogens with zero attached hydrogens (tertiary/aromatic N) is 1. The first-order chi connectivity index (χ1) is 10.8. The van der Waals surface area contributed by atoms with Crippen molar-refractivity contribution in [1.29, 1.82) is 0 Å². The molecule has 0 radical (unpaired) electrons. The van der Waals surface area contributed by atoms with Crippen molar-refractivity contribution in [3.63, 3.8) is 0 Å². The Balaban J connectivity index is 2.76. The maximum Gasteiger partial charge on any atom is 0.343 e. The van der Waals surface area contributed by atoms with Crippen molar-refractivity contribution in [2.75, 3.05) is 14.2 Å². The number of pyridine rings is 1. The highest BCUT2D eigenvalue weighted by atomic mass is 35.5. The number of halogens is 5. The summed E-state index contributed by atoms with van der Waals surface area (Å²) >= 11 is 30.5. The molecule has 0 N–H and O–H groups in total. The van der Waals surface area contributed by atoms with Gasteiger partial charge in [0, 0.05) is 17.3 Å². The summed E-state index contributed by atoms with van der Waals surface area (Å²) in [5.74, 6) is -0.534. The van der Waals surface area contributed by atoms with Crippen LogP contribution in [0.3, 0.4) is 0 Å². The lowest BCUT2D eigenvalue weighted by Crippen LogP contribution is -2.06. The van der Waals surface area contributed by atoms with Gasteiger partial charge < -0.3 is 9.47 Å². The third-order valence-electron chi connectivity index (χ3n) is 2.95. The fourth-order valence-corrected chi connectivity index (χ4v) is 3.22. The van der Waals surface area contributed by atoms with Gasteiger partial charge in [0.05, 0.1) is 39.3 Å². The molecule has 1 aromatic carbocycles. The van der Waals surface area contributed by atoms with Crippen molar-refractivity contribution in [3.05, 3.63) is 42.9 Å². The molecule has 0 spiro atoms. The summed E-state index contributed by atoms with van der Waals surface area (Å²) in [6.07, 6.45) is 1.42. The molecule has 23 heavy (non-hydrogen) atoms. The SMILES string of the molecule is COC(=O)c1cc(-c2c(Cl)c(Cl)c(Cl)c(Cl)c2Cl)cnc1OC. The van der Waals surface area contributed by atoms with Gasteiger partial charge in [-0.05, 0) is 6.07 Å². The molecule has 9 heteroatoms. The van der Waals surface area contributed by atoms with Crippen molar-refractivity contribution in [2.24, 2.45) is 0 Å². The monoisotopic (exact) mass is 413 g/mol. The summed E-state index contributed by atoms with van der Waals surface area (Å²) in [7, 11) is 2.62. The Kier molecular flexibility index (Phi) is 5.87. The maximum absolute atomic E-state index is 11.9. The first-order valence-electron chi connectivity index (χ1n) is 5.97. The molecule has 0 amide bonds. The van der Waals surface area contributed by atoms with Crippen molar-refractivity contribution in [3.8, 4) is 17.0 Å². The van der Waals surface area contributed by atoms with Crippen LogP contribution in [0.1, 0.15) is 10.4 Å². The number of carbonyl (C=O) groups is 1. The topological polar surface area (TPSA) is 48.4 Å². The second-order valence-electron chi connectivity index (χ2n) is 4.22. The first-order valence-corrected chi connectivity index (χ1v) is 7.86. The van der Waals surface area contributed by atoms with E-state index in [1.54, 1.807) is 0 Å². The summed E-state index contributed by atoms with van der Waals surface area (Å²) < 4.78 is 9.73. The molecule has 0 unspecified atom stereocenters. The molecule has 122 valence electrons. The van der Waals surface area contributed by atoms with Gasteiger partial charge in [0.1, 0.15) is 5.56 Å². The van der Waals surface area contributed by atoms with Crippen LogP contribution in [-0.2, 0) is 4.74 Å². The van der Waals surface area contributed by atoms with Gasteiger partial charge in [-0.3, -0.25) is 0 Å². The van der Waals surface area contributed by atoms with E-state index in [0.717, 1.165) is 0 Å². The van der Waals surface area contributed by atoms with Gasteiger partial charge in [-0.15, -0.1) is 0 Å². The minimum atomic E-state index is -0.630. The highest BCUT2D eigenvalue weighted by Crippen LogP contribution is 2.48. The number of rotatable bonds is 3. The number of esters is 1. The number of carbonyl (C=O) groups excluding carboxylic acids is 1. The second kappa shape index (κ2) is 7.32. The Hall–Kier alpha value is -0.910. The molecular weight excluding hydrogens is 407 g/mol. The fourth-order valence-electron chi connectivity index (χ4n) is 1.87.